The second kappa shape index (κ2) is 8.63. The zero-order valence-corrected chi connectivity index (χ0v) is 13.5. The summed E-state index contributed by atoms with van der Waals surface area (Å²) in [4.78, 5) is 11.9. The summed E-state index contributed by atoms with van der Waals surface area (Å²) >= 11 is 0. The minimum absolute atomic E-state index is 0.0145. The van der Waals surface area contributed by atoms with Gasteiger partial charge in [-0.3, -0.25) is 4.79 Å². The standard InChI is InChI=1S/C17H26N2O3/c1-3-21-15-8-7-13(12-16(15)22-4-2)9-11-19-17(20)14-6-5-10-18-14/h7-8,12,14,18H,3-6,9-11H2,1-2H3,(H,19,20). The van der Waals surface area contributed by atoms with Crippen LogP contribution in [0.4, 0.5) is 0 Å². The van der Waals surface area contributed by atoms with Crippen molar-refractivity contribution in [2.24, 2.45) is 0 Å². The van der Waals surface area contributed by atoms with E-state index in [2.05, 4.69) is 10.6 Å². The number of ether oxygens (including phenoxy) is 2. The number of carbonyl (C=O) groups excluding carboxylic acids is 1. The van der Waals surface area contributed by atoms with Crippen LogP contribution in [0.3, 0.4) is 0 Å². The van der Waals surface area contributed by atoms with E-state index in [4.69, 9.17) is 9.47 Å². The predicted octanol–water partition coefficient (Wildman–Crippen LogP) is 1.89. The van der Waals surface area contributed by atoms with Crippen LogP contribution in [0, 0.1) is 0 Å². The molecular formula is C17H26N2O3. The molecule has 1 fully saturated rings. The molecule has 1 amide bonds. The van der Waals surface area contributed by atoms with Crippen LogP contribution in [-0.2, 0) is 11.2 Å². The average molecular weight is 306 g/mol. The highest BCUT2D eigenvalue weighted by Crippen LogP contribution is 2.28. The van der Waals surface area contributed by atoms with Gasteiger partial charge in [-0.05, 0) is 57.4 Å². The average Bonchev–Trinajstić information content (AvgIpc) is 3.04. The summed E-state index contributed by atoms with van der Waals surface area (Å²) in [6.07, 6.45) is 2.79. The van der Waals surface area contributed by atoms with E-state index in [0.29, 0.717) is 19.8 Å². The molecule has 0 radical (unpaired) electrons. The third kappa shape index (κ3) is 4.63. The number of nitrogens with one attached hydrogen (secondary N) is 2. The molecule has 1 aromatic rings. The van der Waals surface area contributed by atoms with Gasteiger partial charge in [0.1, 0.15) is 0 Å². The fourth-order valence-corrected chi connectivity index (χ4v) is 2.61. The Hall–Kier alpha value is -1.75. The number of rotatable bonds is 8. The van der Waals surface area contributed by atoms with E-state index in [-0.39, 0.29) is 11.9 Å². The fraction of sp³-hybridized carbons (Fsp3) is 0.588. The van der Waals surface area contributed by atoms with Crippen molar-refractivity contribution in [1.82, 2.24) is 10.6 Å². The molecule has 0 bridgehead atoms. The van der Waals surface area contributed by atoms with E-state index >= 15 is 0 Å². The second-order valence-electron chi connectivity index (χ2n) is 5.34. The third-order valence-electron chi connectivity index (χ3n) is 3.70. The molecule has 0 aliphatic carbocycles. The van der Waals surface area contributed by atoms with Crippen molar-refractivity contribution < 1.29 is 14.3 Å². The maximum absolute atomic E-state index is 11.9. The molecule has 1 aliphatic rings. The maximum Gasteiger partial charge on any atom is 0.237 e. The van der Waals surface area contributed by atoms with Gasteiger partial charge in [-0.2, -0.15) is 0 Å². The van der Waals surface area contributed by atoms with Crippen molar-refractivity contribution in [3.63, 3.8) is 0 Å². The monoisotopic (exact) mass is 306 g/mol. The van der Waals surface area contributed by atoms with Gasteiger partial charge in [-0.15, -0.1) is 0 Å². The molecule has 0 saturated carbocycles. The lowest BCUT2D eigenvalue weighted by molar-refractivity contribution is -0.122. The zero-order valence-electron chi connectivity index (χ0n) is 13.5. The quantitative estimate of drug-likeness (QED) is 0.770. The van der Waals surface area contributed by atoms with Crippen molar-refractivity contribution in [3.8, 4) is 11.5 Å². The summed E-state index contributed by atoms with van der Waals surface area (Å²) in [6, 6.07) is 5.94. The smallest absolute Gasteiger partial charge is 0.237 e. The first-order valence-electron chi connectivity index (χ1n) is 8.14. The third-order valence-corrected chi connectivity index (χ3v) is 3.70. The van der Waals surface area contributed by atoms with E-state index < -0.39 is 0 Å². The Kier molecular flexibility index (Phi) is 6.52. The van der Waals surface area contributed by atoms with Crippen LogP contribution in [0.15, 0.2) is 18.2 Å². The number of hydrogen-bond donors (Lipinski definition) is 2. The molecule has 1 aliphatic heterocycles. The van der Waals surface area contributed by atoms with E-state index in [1.165, 1.54) is 0 Å². The van der Waals surface area contributed by atoms with Crippen molar-refractivity contribution >= 4 is 5.91 Å². The molecule has 5 heteroatoms. The van der Waals surface area contributed by atoms with Crippen LogP contribution >= 0.6 is 0 Å². The first-order chi connectivity index (χ1) is 10.7. The molecule has 2 N–H and O–H groups in total. The molecule has 1 aromatic carbocycles. The van der Waals surface area contributed by atoms with Gasteiger partial charge in [0, 0.05) is 6.54 Å². The van der Waals surface area contributed by atoms with Gasteiger partial charge in [-0.1, -0.05) is 6.07 Å². The molecule has 5 nitrogen and oxygen atoms in total. The van der Waals surface area contributed by atoms with Gasteiger partial charge in [-0.25, -0.2) is 0 Å². The van der Waals surface area contributed by atoms with E-state index in [1.807, 2.05) is 32.0 Å². The lowest BCUT2D eigenvalue weighted by Crippen LogP contribution is -2.41. The van der Waals surface area contributed by atoms with Crippen molar-refractivity contribution in [3.05, 3.63) is 23.8 Å². The molecule has 22 heavy (non-hydrogen) atoms. The van der Waals surface area contributed by atoms with Gasteiger partial charge in [0.25, 0.3) is 0 Å². The molecule has 122 valence electrons. The van der Waals surface area contributed by atoms with Gasteiger partial charge < -0.3 is 20.1 Å². The Morgan fingerprint density at radius 1 is 1.27 bits per heavy atom. The fourth-order valence-electron chi connectivity index (χ4n) is 2.61. The highest BCUT2D eigenvalue weighted by Gasteiger charge is 2.21. The normalized spacial score (nSPS) is 17.3. The van der Waals surface area contributed by atoms with Crippen LogP contribution in [0.1, 0.15) is 32.3 Å². The van der Waals surface area contributed by atoms with Crippen LogP contribution < -0.4 is 20.1 Å². The molecular weight excluding hydrogens is 280 g/mol. The Balaban J connectivity index is 1.86. The molecule has 1 saturated heterocycles. The number of hydrogen-bond acceptors (Lipinski definition) is 4. The lowest BCUT2D eigenvalue weighted by atomic mass is 10.1. The Morgan fingerprint density at radius 2 is 2.05 bits per heavy atom. The van der Waals surface area contributed by atoms with Crippen molar-refractivity contribution in [2.75, 3.05) is 26.3 Å². The molecule has 0 aromatic heterocycles. The minimum atomic E-state index is -0.0145. The highest BCUT2D eigenvalue weighted by atomic mass is 16.5. The SMILES string of the molecule is CCOc1ccc(CCNC(=O)C2CCCN2)cc1OCC. The number of amides is 1. The molecule has 1 unspecified atom stereocenters. The van der Waals surface area contributed by atoms with Gasteiger partial charge >= 0.3 is 0 Å². The first kappa shape index (κ1) is 16.6. The van der Waals surface area contributed by atoms with Crippen LogP contribution in [0.25, 0.3) is 0 Å². The van der Waals surface area contributed by atoms with E-state index in [9.17, 15) is 4.79 Å². The highest BCUT2D eigenvalue weighted by molar-refractivity contribution is 5.81. The van der Waals surface area contributed by atoms with Crippen molar-refractivity contribution in [1.29, 1.82) is 0 Å². The van der Waals surface area contributed by atoms with Gasteiger partial charge in [0.15, 0.2) is 11.5 Å². The van der Waals surface area contributed by atoms with Crippen LogP contribution in [-0.4, -0.2) is 38.3 Å². The summed E-state index contributed by atoms with van der Waals surface area (Å²) in [6.45, 7) is 6.70. The lowest BCUT2D eigenvalue weighted by Gasteiger charge is -2.13. The van der Waals surface area contributed by atoms with Crippen molar-refractivity contribution in [2.45, 2.75) is 39.2 Å². The number of carbonyl (C=O) groups is 1. The topological polar surface area (TPSA) is 59.6 Å². The maximum atomic E-state index is 11.9. The predicted molar refractivity (Wildman–Crippen MR) is 86.5 cm³/mol. The van der Waals surface area contributed by atoms with Crippen LogP contribution in [0.2, 0.25) is 0 Å². The first-order valence-corrected chi connectivity index (χ1v) is 8.14. The molecule has 1 heterocycles. The van der Waals surface area contributed by atoms with E-state index in [0.717, 1.165) is 42.9 Å². The summed E-state index contributed by atoms with van der Waals surface area (Å²) in [5.74, 6) is 1.64. The van der Waals surface area contributed by atoms with E-state index in [1.54, 1.807) is 0 Å². The van der Waals surface area contributed by atoms with Crippen LogP contribution in [0.5, 0.6) is 11.5 Å². The van der Waals surface area contributed by atoms with Gasteiger partial charge in [0.2, 0.25) is 5.91 Å². The Morgan fingerprint density at radius 3 is 2.73 bits per heavy atom. The number of benzene rings is 1. The summed E-state index contributed by atoms with van der Waals surface area (Å²) < 4.78 is 11.2. The zero-order chi connectivity index (χ0) is 15.8. The molecule has 0 spiro atoms. The Labute approximate surface area is 132 Å². The summed E-state index contributed by atoms with van der Waals surface area (Å²) in [5, 5.41) is 6.19. The summed E-state index contributed by atoms with van der Waals surface area (Å²) in [7, 11) is 0. The largest absolute Gasteiger partial charge is 0.490 e. The Bertz CT molecular complexity index is 485. The molecule has 2 rings (SSSR count). The second-order valence-corrected chi connectivity index (χ2v) is 5.34. The van der Waals surface area contributed by atoms with Gasteiger partial charge in [0.05, 0.1) is 19.3 Å². The summed E-state index contributed by atoms with van der Waals surface area (Å²) in [5.41, 5.74) is 1.13. The minimum Gasteiger partial charge on any atom is -0.490 e. The molecule has 1 atom stereocenters.